The second-order valence-corrected chi connectivity index (χ2v) is 8.60. The highest BCUT2D eigenvalue weighted by atomic mass is 16.8. The molecule has 5 rings (SSSR count). The Labute approximate surface area is 181 Å². The molecule has 0 saturated carbocycles. The maximum absolute atomic E-state index is 12.7. The average Bonchev–Trinajstić information content (AvgIpc) is 3.45. The standard InChI is InChI=1S/C19H25N7O6/c1-19(2)31-12(14(32-19)11(28)9-27)8-26-10(7-20-22-26)15-21-13-16-24(15)5-4-6-25(16)18(30)23(3)17(13)29/h7,11-12,14,27-28H,4-6,8-9H2,1-3H3/t11-,12+,14+/m1/s1. The lowest BCUT2D eigenvalue weighted by Gasteiger charge is -2.21. The number of hydrogen-bond acceptors (Lipinski definition) is 9. The van der Waals surface area contributed by atoms with E-state index in [1.807, 2.05) is 4.57 Å². The van der Waals surface area contributed by atoms with Gasteiger partial charge in [-0.15, -0.1) is 5.10 Å². The SMILES string of the molecule is Cn1c(=O)c2nc(-c3cnnn3C[C@@H]3OC(C)(C)O[C@H]3[C@H](O)CO)n3c2n(c1=O)CCC3. The van der Waals surface area contributed by atoms with Crippen LogP contribution >= 0.6 is 0 Å². The molecule has 3 aromatic heterocycles. The van der Waals surface area contributed by atoms with Crippen LogP contribution in [0.3, 0.4) is 0 Å². The molecule has 0 amide bonds. The highest BCUT2D eigenvalue weighted by Gasteiger charge is 2.45. The molecule has 13 heteroatoms. The molecular weight excluding hydrogens is 422 g/mol. The van der Waals surface area contributed by atoms with E-state index in [1.165, 1.54) is 13.2 Å². The van der Waals surface area contributed by atoms with Crippen molar-refractivity contribution in [2.24, 2.45) is 7.05 Å². The molecule has 2 N–H and O–H groups in total. The zero-order valence-corrected chi connectivity index (χ0v) is 18.0. The third-order valence-corrected chi connectivity index (χ3v) is 5.97. The Bertz CT molecular complexity index is 1300. The van der Waals surface area contributed by atoms with Gasteiger partial charge in [-0.1, -0.05) is 5.21 Å². The summed E-state index contributed by atoms with van der Waals surface area (Å²) in [5.41, 5.74) is 0.408. The number of ether oxygens (including phenoxy) is 2. The summed E-state index contributed by atoms with van der Waals surface area (Å²) >= 11 is 0. The van der Waals surface area contributed by atoms with Gasteiger partial charge in [-0.3, -0.25) is 13.9 Å². The maximum Gasteiger partial charge on any atom is 0.332 e. The number of imidazole rings is 1. The van der Waals surface area contributed by atoms with Crippen LogP contribution in [0.25, 0.3) is 22.7 Å². The van der Waals surface area contributed by atoms with Crippen LogP contribution in [0, 0.1) is 0 Å². The highest BCUT2D eigenvalue weighted by molar-refractivity contribution is 5.76. The number of nitrogens with zero attached hydrogens (tertiary/aromatic N) is 7. The quantitative estimate of drug-likeness (QED) is 0.473. The van der Waals surface area contributed by atoms with Crippen molar-refractivity contribution in [3.8, 4) is 11.5 Å². The van der Waals surface area contributed by atoms with E-state index >= 15 is 0 Å². The van der Waals surface area contributed by atoms with E-state index in [4.69, 9.17) is 9.47 Å². The van der Waals surface area contributed by atoms with Crippen LogP contribution in [0.5, 0.6) is 0 Å². The predicted octanol–water partition coefficient (Wildman–Crippen LogP) is -1.57. The molecule has 0 spiro atoms. The van der Waals surface area contributed by atoms with Crippen molar-refractivity contribution in [2.75, 3.05) is 6.61 Å². The van der Waals surface area contributed by atoms with E-state index in [1.54, 1.807) is 23.1 Å². The van der Waals surface area contributed by atoms with Crippen LogP contribution in [-0.2, 0) is 36.2 Å². The van der Waals surface area contributed by atoms with Crippen molar-refractivity contribution in [2.45, 2.75) is 64.0 Å². The molecule has 172 valence electrons. The van der Waals surface area contributed by atoms with Crippen LogP contribution in [0.4, 0.5) is 0 Å². The van der Waals surface area contributed by atoms with Crippen molar-refractivity contribution < 1.29 is 19.7 Å². The van der Waals surface area contributed by atoms with E-state index in [9.17, 15) is 19.8 Å². The minimum Gasteiger partial charge on any atom is -0.394 e. The summed E-state index contributed by atoms with van der Waals surface area (Å²) in [6.45, 7) is 4.26. The summed E-state index contributed by atoms with van der Waals surface area (Å²) < 4.78 is 17.7. The second-order valence-electron chi connectivity index (χ2n) is 8.60. The van der Waals surface area contributed by atoms with Crippen LogP contribution in [-0.4, -0.2) is 74.6 Å². The van der Waals surface area contributed by atoms with E-state index in [0.29, 0.717) is 36.7 Å². The van der Waals surface area contributed by atoms with Crippen molar-refractivity contribution in [1.82, 2.24) is 33.7 Å². The first-order valence-electron chi connectivity index (χ1n) is 10.5. The Morgan fingerprint density at radius 2 is 2.00 bits per heavy atom. The summed E-state index contributed by atoms with van der Waals surface area (Å²) in [6, 6.07) is 0. The molecule has 2 aliphatic rings. The summed E-state index contributed by atoms with van der Waals surface area (Å²) in [5, 5.41) is 27.7. The Balaban J connectivity index is 1.59. The fraction of sp³-hybridized carbons (Fsp3) is 0.632. The number of aliphatic hydroxyl groups is 2. The molecule has 0 aromatic carbocycles. The van der Waals surface area contributed by atoms with E-state index in [0.717, 1.165) is 4.57 Å². The fourth-order valence-electron chi connectivity index (χ4n) is 4.55. The van der Waals surface area contributed by atoms with Gasteiger partial charge in [-0.2, -0.15) is 0 Å². The minimum absolute atomic E-state index is 0.175. The van der Waals surface area contributed by atoms with E-state index < -0.39 is 36.3 Å². The summed E-state index contributed by atoms with van der Waals surface area (Å²) in [5.74, 6) is -0.471. The van der Waals surface area contributed by atoms with Gasteiger partial charge in [0.15, 0.2) is 22.8 Å². The molecule has 32 heavy (non-hydrogen) atoms. The van der Waals surface area contributed by atoms with E-state index in [-0.39, 0.29) is 17.8 Å². The summed E-state index contributed by atoms with van der Waals surface area (Å²) in [6.07, 6.45) is -0.248. The Morgan fingerprint density at radius 3 is 2.75 bits per heavy atom. The maximum atomic E-state index is 12.7. The van der Waals surface area contributed by atoms with Gasteiger partial charge in [0.25, 0.3) is 5.56 Å². The normalized spacial score (nSPS) is 23.2. The zero-order chi connectivity index (χ0) is 22.8. The third-order valence-electron chi connectivity index (χ3n) is 5.97. The summed E-state index contributed by atoms with van der Waals surface area (Å²) in [4.78, 5) is 29.9. The van der Waals surface area contributed by atoms with Crippen molar-refractivity contribution in [3.05, 3.63) is 27.0 Å². The second kappa shape index (κ2) is 7.33. The van der Waals surface area contributed by atoms with Crippen LogP contribution in [0.2, 0.25) is 0 Å². The number of aliphatic hydroxyl groups excluding tert-OH is 2. The van der Waals surface area contributed by atoms with Gasteiger partial charge in [0.1, 0.15) is 24.0 Å². The van der Waals surface area contributed by atoms with Gasteiger partial charge in [-0.25, -0.2) is 14.5 Å². The first-order chi connectivity index (χ1) is 15.2. The lowest BCUT2D eigenvalue weighted by Crippen LogP contribution is -2.40. The number of hydrogen-bond donors (Lipinski definition) is 2. The first kappa shape index (κ1) is 21.0. The average molecular weight is 447 g/mol. The zero-order valence-electron chi connectivity index (χ0n) is 18.0. The van der Waals surface area contributed by atoms with Gasteiger partial charge in [0.05, 0.1) is 19.3 Å². The van der Waals surface area contributed by atoms with Gasteiger partial charge in [0.2, 0.25) is 0 Å². The number of aryl methyl sites for hydroxylation is 2. The van der Waals surface area contributed by atoms with E-state index in [2.05, 4.69) is 15.3 Å². The largest absolute Gasteiger partial charge is 0.394 e. The molecule has 3 atom stereocenters. The summed E-state index contributed by atoms with van der Waals surface area (Å²) in [7, 11) is 1.44. The van der Waals surface area contributed by atoms with Gasteiger partial charge < -0.3 is 24.3 Å². The number of aromatic nitrogens is 7. The lowest BCUT2D eigenvalue weighted by atomic mass is 10.1. The van der Waals surface area contributed by atoms with Crippen LogP contribution in [0.1, 0.15) is 20.3 Å². The van der Waals surface area contributed by atoms with Crippen LogP contribution in [0.15, 0.2) is 15.8 Å². The molecule has 0 bridgehead atoms. The molecule has 5 heterocycles. The lowest BCUT2D eigenvalue weighted by molar-refractivity contribution is -0.157. The van der Waals surface area contributed by atoms with Crippen molar-refractivity contribution in [3.63, 3.8) is 0 Å². The Morgan fingerprint density at radius 1 is 1.25 bits per heavy atom. The third kappa shape index (κ3) is 3.11. The monoisotopic (exact) mass is 447 g/mol. The number of rotatable bonds is 5. The predicted molar refractivity (Wildman–Crippen MR) is 110 cm³/mol. The molecule has 0 unspecified atom stereocenters. The van der Waals surface area contributed by atoms with Crippen molar-refractivity contribution in [1.29, 1.82) is 0 Å². The Hall–Kier alpha value is -2.87. The highest BCUT2D eigenvalue weighted by Crippen LogP contribution is 2.32. The molecule has 3 aromatic rings. The Kier molecular flexibility index (Phi) is 4.81. The molecule has 1 fully saturated rings. The molecule has 2 aliphatic heterocycles. The molecular formula is C19H25N7O6. The fourth-order valence-corrected chi connectivity index (χ4v) is 4.55. The van der Waals surface area contributed by atoms with Gasteiger partial charge in [0, 0.05) is 20.1 Å². The van der Waals surface area contributed by atoms with Crippen molar-refractivity contribution >= 4 is 11.2 Å². The molecule has 13 nitrogen and oxygen atoms in total. The molecule has 0 aliphatic carbocycles. The molecule has 0 radical (unpaired) electrons. The smallest absolute Gasteiger partial charge is 0.332 e. The van der Waals surface area contributed by atoms with Crippen LogP contribution < -0.4 is 11.2 Å². The topological polar surface area (TPSA) is 151 Å². The minimum atomic E-state index is -1.12. The van der Waals surface area contributed by atoms with Gasteiger partial charge in [-0.05, 0) is 20.3 Å². The first-order valence-corrected chi connectivity index (χ1v) is 10.5. The van der Waals surface area contributed by atoms with Gasteiger partial charge >= 0.3 is 5.69 Å². The molecule has 1 saturated heterocycles.